The van der Waals surface area contributed by atoms with Gasteiger partial charge in [-0.15, -0.1) is 0 Å². The van der Waals surface area contributed by atoms with Gasteiger partial charge in [-0.2, -0.15) is 5.10 Å². The molecule has 1 unspecified atom stereocenters. The Balaban J connectivity index is 1.55. The Labute approximate surface area is 182 Å². The van der Waals surface area contributed by atoms with Crippen LogP contribution in [0.25, 0.3) is 5.69 Å². The van der Waals surface area contributed by atoms with Crippen molar-refractivity contribution in [3.8, 4) is 11.4 Å². The van der Waals surface area contributed by atoms with Crippen molar-refractivity contribution in [3.63, 3.8) is 0 Å². The van der Waals surface area contributed by atoms with Gasteiger partial charge in [-0.25, -0.2) is 4.68 Å². The molecule has 0 radical (unpaired) electrons. The van der Waals surface area contributed by atoms with Crippen LogP contribution < -0.4 is 10.1 Å². The largest absolute Gasteiger partial charge is 0.494 e. The van der Waals surface area contributed by atoms with Gasteiger partial charge in [0.15, 0.2) is 0 Å². The molecule has 1 saturated heterocycles. The first-order valence-corrected chi connectivity index (χ1v) is 11.1. The topological polar surface area (TPSA) is 42.3 Å². The first-order valence-electron chi connectivity index (χ1n) is 10.7. The lowest BCUT2D eigenvalue weighted by Gasteiger charge is -2.35. The normalized spacial score (nSPS) is 18.8. The van der Waals surface area contributed by atoms with Crippen LogP contribution in [-0.4, -0.2) is 34.9 Å². The second-order valence-electron chi connectivity index (χ2n) is 8.08. The van der Waals surface area contributed by atoms with Crippen molar-refractivity contribution < 1.29 is 4.74 Å². The van der Waals surface area contributed by atoms with Gasteiger partial charge in [-0.05, 0) is 49.6 Å². The number of aromatic nitrogens is 2. The highest BCUT2D eigenvalue weighted by molar-refractivity contribution is 6.30. The van der Waals surface area contributed by atoms with Crippen molar-refractivity contribution in [2.45, 2.75) is 38.3 Å². The van der Waals surface area contributed by atoms with E-state index in [1.807, 2.05) is 22.9 Å². The highest BCUT2D eigenvalue weighted by atomic mass is 35.5. The fraction of sp³-hybridized carbons (Fsp3) is 0.375. The number of rotatable bonds is 5. The summed E-state index contributed by atoms with van der Waals surface area (Å²) in [6.45, 7) is 3.00. The molecule has 1 aromatic heterocycles. The summed E-state index contributed by atoms with van der Waals surface area (Å²) in [5, 5.41) is 9.37. The molecule has 2 aromatic carbocycles. The van der Waals surface area contributed by atoms with Crippen LogP contribution in [0.15, 0.2) is 48.5 Å². The van der Waals surface area contributed by atoms with E-state index >= 15 is 0 Å². The molecule has 1 fully saturated rings. The summed E-state index contributed by atoms with van der Waals surface area (Å²) in [6, 6.07) is 16.8. The van der Waals surface area contributed by atoms with Crippen LogP contribution in [0.4, 0.5) is 5.82 Å². The van der Waals surface area contributed by atoms with Crippen LogP contribution in [0.3, 0.4) is 0 Å². The average molecular weight is 423 g/mol. The van der Waals surface area contributed by atoms with Crippen molar-refractivity contribution in [2.75, 3.05) is 25.5 Å². The predicted molar refractivity (Wildman–Crippen MR) is 121 cm³/mol. The monoisotopic (exact) mass is 422 g/mol. The zero-order valence-corrected chi connectivity index (χ0v) is 18.0. The van der Waals surface area contributed by atoms with Crippen LogP contribution in [0.5, 0.6) is 5.75 Å². The molecule has 0 spiro atoms. The maximum atomic E-state index is 6.32. The van der Waals surface area contributed by atoms with E-state index < -0.39 is 0 Å². The number of likely N-dealkylation sites (tertiary alicyclic amines) is 1. The summed E-state index contributed by atoms with van der Waals surface area (Å²) in [4.78, 5) is 2.60. The lowest BCUT2D eigenvalue weighted by Crippen LogP contribution is -2.33. The molecule has 1 N–H and O–H groups in total. The third kappa shape index (κ3) is 3.57. The van der Waals surface area contributed by atoms with Gasteiger partial charge in [-0.1, -0.05) is 48.4 Å². The second kappa shape index (κ2) is 8.32. The highest BCUT2D eigenvalue weighted by Gasteiger charge is 2.33. The molecule has 5 rings (SSSR count). The number of halogens is 1. The first-order chi connectivity index (χ1) is 14.7. The molecule has 2 aliphatic rings. The maximum Gasteiger partial charge on any atom is 0.144 e. The Morgan fingerprint density at radius 2 is 2.03 bits per heavy atom. The van der Waals surface area contributed by atoms with E-state index in [-0.39, 0.29) is 0 Å². The molecular formula is C24H27ClN4O. The van der Waals surface area contributed by atoms with Crippen molar-refractivity contribution in [1.29, 1.82) is 0 Å². The quantitative estimate of drug-likeness (QED) is 0.611. The van der Waals surface area contributed by atoms with Crippen LogP contribution in [0.2, 0.25) is 5.02 Å². The van der Waals surface area contributed by atoms with Gasteiger partial charge in [-0.3, -0.25) is 4.90 Å². The van der Waals surface area contributed by atoms with Crippen LogP contribution in [0, 0.1) is 0 Å². The van der Waals surface area contributed by atoms with Gasteiger partial charge in [0.05, 0.1) is 18.8 Å². The number of ether oxygens (including phenoxy) is 1. The van der Waals surface area contributed by atoms with Crippen molar-refractivity contribution in [2.24, 2.45) is 0 Å². The molecule has 0 aliphatic carbocycles. The molecule has 0 bridgehead atoms. The fourth-order valence-electron chi connectivity index (χ4n) is 4.78. The van der Waals surface area contributed by atoms with Crippen molar-refractivity contribution in [3.05, 3.63) is 70.4 Å². The van der Waals surface area contributed by atoms with E-state index in [1.54, 1.807) is 7.11 Å². The van der Waals surface area contributed by atoms with E-state index in [0.29, 0.717) is 11.1 Å². The Hall–Kier alpha value is -2.50. The Morgan fingerprint density at radius 1 is 1.17 bits per heavy atom. The maximum absolute atomic E-state index is 6.32. The molecule has 0 amide bonds. The van der Waals surface area contributed by atoms with Crippen molar-refractivity contribution >= 4 is 17.4 Å². The summed E-state index contributed by atoms with van der Waals surface area (Å²) in [5.41, 5.74) is 4.78. The summed E-state index contributed by atoms with van der Waals surface area (Å²) in [6.07, 6.45) is 4.63. The van der Waals surface area contributed by atoms with Gasteiger partial charge < -0.3 is 10.1 Å². The molecule has 1 atom stereocenters. The van der Waals surface area contributed by atoms with Gasteiger partial charge in [0.1, 0.15) is 17.3 Å². The van der Waals surface area contributed by atoms with E-state index in [9.17, 15) is 0 Å². The molecule has 5 nitrogen and oxygen atoms in total. The van der Waals surface area contributed by atoms with Gasteiger partial charge in [0, 0.05) is 23.7 Å². The number of hydrogen-bond donors (Lipinski definition) is 1. The molecule has 2 aliphatic heterocycles. The van der Waals surface area contributed by atoms with E-state index in [2.05, 4.69) is 40.5 Å². The van der Waals surface area contributed by atoms with Crippen LogP contribution in [-0.2, 0) is 13.0 Å². The highest BCUT2D eigenvalue weighted by Crippen LogP contribution is 2.40. The lowest BCUT2D eigenvalue weighted by molar-refractivity contribution is 0.136. The predicted octanol–water partition coefficient (Wildman–Crippen LogP) is 5.23. The SMILES string of the molecule is COc1ccc(Cl)cc1-n1nc(C2CCCCN2Cc2ccccc2)c2c1NCC2. The molecular weight excluding hydrogens is 396 g/mol. The summed E-state index contributed by atoms with van der Waals surface area (Å²) >= 11 is 6.32. The number of benzene rings is 2. The minimum atomic E-state index is 0.332. The van der Waals surface area contributed by atoms with E-state index in [0.717, 1.165) is 49.7 Å². The summed E-state index contributed by atoms with van der Waals surface area (Å²) in [5.74, 6) is 1.85. The number of methoxy groups -OCH3 is 1. The first kappa shape index (κ1) is 19.5. The number of fused-ring (bicyclic) bond motifs is 1. The molecule has 3 heterocycles. The zero-order valence-electron chi connectivity index (χ0n) is 17.3. The van der Waals surface area contributed by atoms with Gasteiger partial charge >= 0.3 is 0 Å². The smallest absolute Gasteiger partial charge is 0.144 e. The lowest BCUT2D eigenvalue weighted by atomic mass is 9.95. The third-order valence-electron chi connectivity index (χ3n) is 6.21. The molecule has 0 saturated carbocycles. The fourth-order valence-corrected chi connectivity index (χ4v) is 4.95. The number of nitrogens with one attached hydrogen (secondary N) is 1. The molecule has 30 heavy (non-hydrogen) atoms. The van der Waals surface area contributed by atoms with Gasteiger partial charge in [0.2, 0.25) is 0 Å². The summed E-state index contributed by atoms with van der Waals surface area (Å²) in [7, 11) is 1.69. The third-order valence-corrected chi connectivity index (χ3v) is 6.44. The second-order valence-corrected chi connectivity index (χ2v) is 8.52. The zero-order chi connectivity index (χ0) is 20.5. The summed E-state index contributed by atoms with van der Waals surface area (Å²) < 4.78 is 7.61. The molecule has 6 heteroatoms. The number of anilines is 1. The Kier molecular flexibility index (Phi) is 5.40. The molecule has 3 aromatic rings. The average Bonchev–Trinajstić information content (AvgIpc) is 3.38. The van der Waals surface area contributed by atoms with Crippen LogP contribution in [0.1, 0.15) is 42.1 Å². The number of piperidine rings is 1. The Bertz CT molecular complexity index is 1030. The van der Waals surface area contributed by atoms with Crippen LogP contribution >= 0.6 is 11.6 Å². The van der Waals surface area contributed by atoms with E-state index in [4.69, 9.17) is 21.4 Å². The molecule has 156 valence electrons. The minimum absolute atomic E-state index is 0.332. The van der Waals surface area contributed by atoms with E-state index in [1.165, 1.54) is 29.7 Å². The Morgan fingerprint density at radius 3 is 2.87 bits per heavy atom. The number of nitrogens with zero attached hydrogens (tertiary/aromatic N) is 3. The minimum Gasteiger partial charge on any atom is -0.494 e. The standard InChI is InChI=1S/C24H27ClN4O/c1-30-22-11-10-18(25)15-21(22)29-24-19(12-13-26-24)23(27-29)20-9-5-6-14-28(20)16-17-7-3-2-4-8-17/h2-4,7-8,10-11,15,20,26H,5-6,9,12-14,16H2,1H3. The van der Waals surface area contributed by atoms with Crippen molar-refractivity contribution in [1.82, 2.24) is 14.7 Å². The number of hydrogen-bond acceptors (Lipinski definition) is 4. The van der Waals surface area contributed by atoms with Gasteiger partial charge in [0.25, 0.3) is 0 Å².